The van der Waals surface area contributed by atoms with Crippen LogP contribution >= 0.6 is 0 Å². The SMILES string of the molecule is O=C(Nc1ccc(Oc2ccccc2)cc1)C1CCCC1O. The summed E-state index contributed by atoms with van der Waals surface area (Å²) in [6, 6.07) is 16.8. The number of carbonyl (C=O) groups excluding carboxylic acids is 1. The maximum absolute atomic E-state index is 12.1. The van der Waals surface area contributed by atoms with Crippen molar-refractivity contribution in [3.05, 3.63) is 54.6 Å². The molecular formula is C18H19NO3. The van der Waals surface area contributed by atoms with Gasteiger partial charge in [-0.3, -0.25) is 4.79 Å². The van der Waals surface area contributed by atoms with Crippen LogP contribution < -0.4 is 10.1 Å². The molecule has 0 aliphatic heterocycles. The molecule has 0 saturated heterocycles. The van der Waals surface area contributed by atoms with E-state index in [0.717, 1.165) is 18.6 Å². The Labute approximate surface area is 129 Å². The third kappa shape index (κ3) is 3.46. The van der Waals surface area contributed by atoms with E-state index in [1.54, 1.807) is 12.1 Å². The molecule has 2 atom stereocenters. The van der Waals surface area contributed by atoms with Crippen LogP contribution in [0.2, 0.25) is 0 Å². The van der Waals surface area contributed by atoms with E-state index in [2.05, 4.69) is 5.32 Å². The summed E-state index contributed by atoms with van der Waals surface area (Å²) in [7, 11) is 0. The molecule has 1 fully saturated rings. The van der Waals surface area contributed by atoms with E-state index < -0.39 is 6.10 Å². The number of anilines is 1. The van der Waals surface area contributed by atoms with Crippen molar-refractivity contribution in [1.82, 2.24) is 0 Å². The van der Waals surface area contributed by atoms with Crippen molar-refractivity contribution in [2.45, 2.75) is 25.4 Å². The van der Waals surface area contributed by atoms with Crippen LogP contribution in [0.3, 0.4) is 0 Å². The first kappa shape index (κ1) is 14.6. The molecule has 22 heavy (non-hydrogen) atoms. The number of rotatable bonds is 4. The Hall–Kier alpha value is -2.33. The Morgan fingerprint density at radius 1 is 1.00 bits per heavy atom. The largest absolute Gasteiger partial charge is 0.457 e. The van der Waals surface area contributed by atoms with Crippen molar-refractivity contribution in [2.75, 3.05) is 5.32 Å². The molecule has 0 spiro atoms. The summed E-state index contributed by atoms with van der Waals surface area (Å²) >= 11 is 0. The lowest BCUT2D eigenvalue weighted by Crippen LogP contribution is -2.28. The zero-order valence-corrected chi connectivity index (χ0v) is 12.2. The summed E-state index contributed by atoms with van der Waals surface area (Å²) in [6.45, 7) is 0. The van der Waals surface area contributed by atoms with E-state index in [4.69, 9.17) is 4.74 Å². The minimum Gasteiger partial charge on any atom is -0.457 e. The van der Waals surface area contributed by atoms with E-state index in [-0.39, 0.29) is 11.8 Å². The molecule has 1 saturated carbocycles. The fraction of sp³-hybridized carbons (Fsp3) is 0.278. The number of ether oxygens (including phenoxy) is 1. The minimum absolute atomic E-state index is 0.110. The van der Waals surface area contributed by atoms with Gasteiger partial charge in [0.2, 0.25) is 5.91 Å². The average Bonchev–Trinajstić information content (AvgIpc) is 2.96. The van der Waals surface area contributed by atoms with Crippen molar-refractivity contribution in [2.24, 2.45) is 5.92 Å². The van der Waals surface area contributed by atoms with Crippen LogP contribution in [-0.4, -0.2) is 17.1 Å². The van der Waals surface area contributed by atoms with Gasteiger partial charge in [0.1, 0.15) is 11.5 Å². The van der Waals surface area contributed by atoms with E-state index in [0.29, 0.717) is 17.9 Å². The number of aliphatic hydroxyl groups is 1. The van der Waals surface area contributed by atoms with Crippen LogP contribution in [0.5, 0.6) is 11.5 Å². The molecule has 1 amide bonds. The Morgan fingerprint density at radius 2 is 1.68 bits per heavy atom. The highest BCUT2D eigenvalue weighted by Gasteiger charge is 2.31. The van der Waals surface area contributed by atoms with Gasteiger partial charge < -0.3 is 15.2 Å². The van der Waals surface area contributed by atoms with Crippen molar-refractivity contribution in [3.8, 4) is 11.5 Å². The van der Waals surface area contributed by atoms with Gasteiger partial charge in [-0.25, -0.2) is 0 Å². The molecule has 114 valence electrons. The lowest BCUT2D eigenvalue weighted by Gasteiger charge is -2.14. The van der Waals surface area contributed by atoms with E-state index in [1.807, 2.05) is 42.5 Å². The van der Waals surface area contributed by atoms with Crippen LogP contribution in [0, 0.1) is 5.92 Å². The monoisotopic (exact) mass is 297 g/mol. The van der Waals surface area contributed by atoms with E-state index in [1.165, 1.54) is 0 Å². The summed E-state index contributed by atoms with van der Waals surface area (Å²) in [5.74, 6) is 1.08. The summed E-state index contributed by atoms with van der Waals surface area (Å²) in [6.07, 6.45) is 1.86. The van der Waals surface area contributed by atoms with Gasteiger partial charge in [0.05, 0.1) is 12.0 Å². The molecule has 2 N–H and O–H groups in total. The molecule has 2 unspecified atom stereocenters. The number of benzene rings is 2. The standard InChI is InChI=1S/C18H19NO3/c20-17-8-4-7-16(17)18(21)19-13-9-11-15(12-10-13)22-14-5-2-1-3-6-14/h1-3,5-6,9-12,16-17,20H,4,7-8H2,(H,19,21). The average molecular weight is 297 g/mol. The molecule has 2 aromatic rings. The van der Waals surface area contributed by atoms with Gasteiger partial charge in [-0.15, -0.1) is 0 Å². The maximum atomic E-state index is 12.1. The lowest BCUT2D eigenvalue weighted by molar-refractivity contribution is -0.122. The van der Waals surface area contributed by atoms with Crippen LogP contribution in [0.15, 0.2) is 54.6 Å². The number of aliphatic hydroxyl groups excluding tert-OH is 1. The first-order valence-corrected chi connectivity index (χ1v) is 7.54. The maximum Gasteiger partial charge on any atom is 0.230 e. The molecular weight excluding hydrogens is 278 g/mol. The van der Waals surface area contributed by atoms with Crippen LogP contribution in [0.4, 0.5) is 5.69 Å². The predicted molar refractivity (Wildman–Crippen MR) is 84.9 cm³/mol. The zero-order valence-electron chi connectivity index (χ0n) is 12.2. The van der Waals surface area contributed by atoms with Gasteiger partial charge in [-0.05, 0) is 55.7 Å². The molecule has 4 nitrogen and oxygen atoms in total. The van der Waals surface area contributed by atoms with Crippen molar-refractivity contribution < 1.29 is 14.6 Å². The van der Waals surface area contributed by atoms with Gasteiger partial charge in [-0.2, -0.15) is 0 Å². The second-order valence-electron chi connectivity index (χ2n) is 5.53. The summed E-state index contributed by atoms with van der Waals surface area (Å²) in [5, 5.41) is 12.6. The second kappa shape index (κ2) is 6.62. The van der Waals surface area contributed by atoms with Crippen LogP contribution in [0.25, 0.3) is 0 Å². The highest BCUT2D eigenvalue weighted by molar-refractivity contribution is 5.93. The molecule has 0 radical (unpaired) electrons. The smallest absolute Gasteiger partial charge is 0.230 e. The highest BCUT2D eigenvalue weighted by Crippen LogP contribution is 2.27. The Balaban J connectivity index is 1.61. The van der Waals surface area contributed by atoms with Gasteiger partial charge in [0, 0.05) is 5.69 Å². The predicted octanol–water partition coefficient (Wildman–Crippen LogP) is 3.58. The topological polar surface area (TPSA) is 58.6 Å². The van der Waals surface area contributed by atoms with Crippen LogP contribution in [0.1, 0.15) is 19.3 Å². The summed E-state index contributed by atoms with van der Waals surface area (Å²) in [4.78, 5) is 12.1. The molecule has 1 aliphatic rings. The first-order chi connectivity index (χ1) is 10.7. The van der Waals surface area contributed by atoms with Crippen LogP contribution in [-0.2, 0) is 4.79 Å². The fourth-order valence-electron chi connectivity index (χ4n) is 2.71. The van der Waals surface area contributed by atoms with E-state index >= 15 is 0 Å². The number of para-hydroxylation sites is 1. The van der Waals surface area contributed by atoms with Gasteiger partial charge in [0.25, 0.3) is 0 Å². The lowest BCUT2D eigenvalue weighted by atomic mass is 10.1. The van der Waals surface area contributed by atoms with Gasteiger partial charge in [-0.1, -0.05) is 18.2 Å². The molecule has 4 heteroatoms. The van der Waals surface area contributed by atoms with Crippen molar-refractivity contribution in [1.29, 1.82) is 0 Å². The third-order valence-corrected chi connectivity index (χ3v) is 3.92. The molecule has 0 heterocycles. The number of hydrogen-bond donors (Lipinski definition) is 2. The van der Waals surface area contributed by atoms with Crippen molar-refractivity contribution in [3.63, 3.8) is 0 Å². The first-order valence-electron chi connectivity index (χ1n) is 7.54. The fourth-order valence-corrected chi connectivity index (χ4v) is 2.71. The van der Waals surface area contributed by atoms with Gasteiger partial charge in [0.15, 0.2) is 0 Å². The minimum atomic E-state index is -0.513. The van der Waals surface area contributed by atoms with Gasteiger partial charge >= 0.3 is 0 Å². The van der Waals surface area contributed by atoms with E-state index in [9.17, 15) is 9.90 Å². The molecule has 0 bridgehead atoms. The molecule has 1 aliphatic carbocycles. The van der Waals surface area contributed by atoms with Crippen molar-refractivity contribution >= 4 is 11.6 Å². The number of hydrogen-bond acceptors (Lipinski definition) is 3. The molecule has 3 rings (SSSR count). The number of carbonyl (C=O) groups is 1. The Bertz CT molecular complexity index is 625. The highest BCUT2D eigenvalue weighted by atomic mass is 16.5. The Morgan fingerprint density at radius 3 is 2.32 bits per heavy atom. The zero-order chi connectivity index (χ0) is 15.4. The molecule has 0 aromatic heterocycles. The Kier molecular flexibility index (Phi) is 4.39. The third-order valence-electron chi connectivity index (χ3n) is 3.92. The molecule has 2 aromatic carbocycles. The quantitative estimate of drug-likeness (QED) is 0.907. The summed E-state index contributed by atoms with van der Waals surface area (Å²) < 4.78 is 5.70. The number of amides is 1. The normalized spacial score (nSPS) is 20.6. The summed E-state index contributed by atoms with van der Waals surface area (Å²) in [5.41, 5.74) is 0.713. The number of nitrogens with one attached hydrogen (secondary N) is 1. The second-order valence-corrected chi connectivity index (χ2v) is 5.53.